The van der Waals surface area contributed by atoms with Gasteiger partial charge in [0, 0.05) is 17.9 Å². The van der Waals surface area contributed by atoms with Crippen molar-refractivity contribution in [2.45, 2.75) is 25.8 Å². The van der Waals surface area contributed by atoms with Crippen molar-refractivity contribution in [2.24, 2.45) is 0 Å². The monoisotopic (exact) mass is 162 g/mol. The maximum atomic E-state index is 4.28. The minimum absolute atomic E-state index is 0.554. The number of hydrogen-bond donors (Lipinski definition) is 1. The number of nitrogens with one attached hydrogen (secondary N) is 1. The first-order valence-electron chi connectivity index (χ1n) is 4.52. The molecule has 1 atom stereocenters. The Morgan fingerprint density at radius 1 is 1.50 bits per heavy atom. The van der Waals surface area contributed by atoms with Crippen LogP contribution in [-0.4, -0.2) is 11.5 Å². The molecule has 0 saturated carbocycles. The highest BCUT2D eigenvalue weighted by molar-refractivity contribution is 5.17. The topological polar surface area (TPSA) is 24.9 Å². The van der Waals surface area contributed by atoms with Gasteiger partial charge < -0.3 is 5.32 Å². The SMILES string of the molecule is Cc1ccc([C@@H]2CCCN2)cn1. The van der Waals surface area contributed by atoms with Crippen LogP contribution in [0.5, 0.6) is 0 Å². The van der Waals surface area contributed by atoms with E-state index < -0.39 is 0 Å². The van der Waals surface area contributed by atoms with Crippen molar-refractivity contribution in [2.75, 3.05) is 6.54 Å². The summed E-state index contributed by atoms with van der Waals surface area (Å²) >= 11 is 0. The van der Waals surface area contributed by atoms with E-state index in [4.69, 9.17) is 0 Å². The molecule has 64 valence electrons. The number of hydrogen-bond acceptors (Lipinski definition) is 2. The molecule has 0 aliphatic carbocycles. The quantitative estimate of drug-likeness (QED) is 0.681. The molecule has 1 aliphatic rings. The van der Waals surface area contributed by atoms with Gasteiger partial charge in [-0.3, -0.25) is 4.98 Å². The van der Waals surface area contributed by atoms with Gasteiger partial charge in [0.15, 0.2) is 0 Å². The van der Waals surface area contributed by atoms with Crippen LogP contribution in [0, 0.1) is 6.92 Å². The Kier molecular flexibility index (Phi) is 2.09. The van der Waals surface area contributed by atoms with E-state index in [1.165, 1.54) is 18.4 Å². The van der Waals surface area contributed by atoms with Crippen LogP contribution in [0.2, 0.25) is 0 Å². The molecule has 1 aromatic heterocycles. The summed E-state index contributed by atoms with van der Waals surface area (Å²) in [6.45, 7) is 3.17. The second-order valence-corrected chi connectivity index (χ2v) is 3.38. The van der Waals surface area contributed by atoms with Crippen molar-refractivity contribution in [3.8, 4) is 0 Å². The molecule has 1 aromatic rings. The van der Waals surface area contributed by atoms with Crippen LogP contribution in [0.1, 0.15) is 30.1 Å². The van der Waals surface area contributed by atoms with Gasteiger partial charge >= 0.3 is 0 Å². The number of aromatic nitrogens is 1. The summed E-state index contributed by atoms with van der Waals surface area (Å²) in [6.07, 6.45) is 4.53. The van der Waals surface area contributed by atoms with E-state index in [2.05, 4.69) is 22.4 Å². The minimum Gasteiger partial charge on any atom is -0.310 e. The summed E-state index contributed by atoms with van der Waals surface area (Å²) in [5.74, 6) is 0. The van der Waals surface area contributed by atoms with Crippen molar-refractivity contribution >= 4 is 0 Å². The van der Waals surface area contributed by atoms with Gasteiger partial charge in [-0.1, -0.05) is 6.07 Å². The molecule has 0 aromatic carbocycles. The molecular formula is C10H14N2. The summed E-state index contributed by atoms with van der Waals surface area (Å²) in [5, 5.41) is 3.45. The van der Waals surface area contributed by atoms with Crippen LogP contribution in [0.15, 0.2) is 18.3 Å². The fourth-order valence-corrected chi connectivity index (χ4v) is 1.65. The number of pyridine rings is 1. The van der Waals surface area contributed by atoms with Gasteiger partial charge in [-0.05, 0) is 37.9 Å². The standard InChI is InChI=1S/C10H14N2/c1-8-4-5-9(7-12-8)10-3-2-6-11-10/h4-5,7,10-11H,2-3,6H2,1H3/t10-/m0/s1. The molecule has 1 aliphatic heterocycles. The van der Waals surface area contributed by atoms with Gasteiger partial charge in [-0.15, -0.1) is 0 Å². The molecule has 0 radical (unpaired) electrons. The highest BCUT2D eigenvalue weighted by Crippen LogP contribution is 2.21. The Bertz CT molecular complexity index is 247. The molecule has 1 fully saturated rings. The van der Waals surface area contributed by atoms with Crippen LogP contribution < -0.4 is 5.32 Å². The Balaban J connectivity index is 2.17. The first-order valence-corrected chi connectivity index (χ1v) is 4.52. The fraction of sp³-hybridized carbons (Fsp3) is 0.500. The minimum atomic E-state index is 0.554. The van der Waals surface area contributed by atoms with E-state index in [9.17, 15) is 0 Å². The zero-order chi connectivity index (χ0) is 8.39. The van der Waals surface area contributed by atoms with Crippen molar-refractivity contribution in [1.29, 1.82) is 0 Å². The van der Waals surface area contributed by atoms with E-state index in [0.717, 1.165) is 12.2 Å². The third kappa shape index (κ3) is 1.48. The Morgan fingerprint density at radius 3 is 3.00 bits per heavy atom. The number of aryl methyl sites for hydroxylation is 1. The summed E-state index contributed by atoms with van der Waals surface area (Å²) in [6, 6.07) is 4.80. The lowest BCUT2D eigenvalue weighted by molar-refractivity contribution is 0.644. The summed E-state index contributed by atoms with van der Waals surface area (Å²) in [4.78, 5) is 4.28. The van der Waals surface area contributed by atoms with Crippen LogP contribution in [0.3, 0.4) is 0 Å². The van der Waals surface area contributed by atoms with Crippen molar-refractivity contribution in [3.05, 3.63) is 29.6 Å². The molecule has 0 spiro atoms. The van der Waals surface area contributed by atoms with Crippen molar-refractivity contribution in [1.82, 2.24) is 10.3 Å². The molecule has 1 saturated heterocycles. The number of nitrogens with zero attached hydrogens (tertiary/aromatic N) is 1. The van der Waals surface area contributed by atoms with E-state index >= 15 is 0 Å². The lowest BCUT2D eigenvalue weighted by Gasteiger charge is -2.09. The molecule has 2 rings (SSSR count). The summed E-state index contributed by atoms with van der Waals surface area (Å²) in [7, 11) is 0. The maximum Gasteiger partial charge on any atom is 0.0372 e. The van der Waals surface area contributed by atoms with Crippen LogP contribution in [0.25, 0.3) is 0 Å². The average Bonchev–Trinajstić information content (AvgIpc) is 2.58. The fourth-order valence-electron chi connectivity index (χ4n) is 1.65. The van der Waals surface area contributed by atoms with Crippen molar-refractivity contribution < 1.29 is 0 Å². The first-order chi connectivity index (χ1) is 5.86. The van der Waals surface area contributed by atoms with Gasteiger partial charge in [0.25, 0.3) is 0 Å². The Morgan fingerprint density at radius 2 is 2.42 bits per heavy atom. The lowest BCUT2D eigenvalue weighted by Crippen LogP contribution is -2.12. The third-order valence-electron chi connectivity index (χ3n) is 2.40. The average molecular weight is 162 g/mol. The zero-order valence-electron chi connectivity index (χ0n) is 7.38. The molecule has 2 heterocycles. The molecule has 0 amide bonds. The zero-order valence-corrected chi connectivity index (χ0v) is 7.38. The van der Waals surface area contributed by atoms with Gasteiger partial charge in [0.1, 0.15) is 0 Å². The molecule has 0 bridgehead atoms. The highest BCUT2D eigenvalue weighted by atomic mass is 14.9. The first kappa shape index (κ1) is 7.74. The third-order valence-corrected chi connectivity index (χ3v) is 2.40. The van der Waals surface area contributed by atoms with Crippen LogP contribution in [0.4, 0.5) is 0 Å². The smallest absolute Gasteiger partial charge is 0.0372 e. The van der Waals surface area contributed by atoms with E-state index in [-0.39, 0.29) is 0 Å². The van der Waals surface area contributed by atoms with E-state index in [0.29, 0.717) is 6.04 Å². The number of rotatable bonds is 1. The van der Waals surface area contributed by atoms with Crippen molar-refractivity contribution in [3.63, 3.8) is 0 Å². The van der Waals surface area contributed by atoms with E-state index in [1.54, 1.807) is 0 Å². The Labute approximate surface area is 73.0 Å². The second kappa shape index (κ2) is 3.23. The van der Waals surface area contributed by atoms with Crippen LogP contribution >= 0.6 is 0 Å². The molecule has 2 heteroatoms. The molecule has 1 N–H and O–H groups in total. The predicted molar refractivity (Wildman–Crippen MR) is 49.0 cm³/mol. The molecule has 12 heavy (non-hydrogen) atoms. The molecule has 2 nitrogen and oxygen atoms in total. The van der Waals surface area contributed by atoms with Gasteiger partial charge in [-0.25, -0.2) is 0 Å². The van der Waals surface area contributed by atoms with E-state index in [1.807, 2.05) is 13.1 Å². The largest absolute Gasteiger partial charge is 0.310 e. The predicted octanol–water partition coefficient (Wildman–Crippen LogP) is 1.81. The van der Waals surface area contributed by atoms with Gasteiger partial charge in [0.2, 0.25) is 0 Å². The van der Waals surface area contributed by atoms with Crippen LogP contribution in [-0.2, 0) is 0 Å². The Hall–Kier alpha value is -0.890. The highest BCUT2D eigenvalue weighted by Gasteiger charge is 2.15. The van der Waals surface area contributed by atoms with Gasteiger partial charge in [-0.2, -0.15) is 0 Å². The van der Waals surface area contributed by atoms with Gasteiger partial charge in [0.05, 0.1) is 0 Å². The molecular weight excluding hydrogens is 148 g/mol. The summed E-state index contributed by atoms with van der Waals surface area (Å²) in [5.41, 5.74) is 2.43. The normalized spacial score (nSPS) is 22.9. The molecule has 0 unspecified atom stereocenters. The lowest BCUT2D eigenvalue weighted by atomic mass is 10.1. The maximum absolute atomic E-state index is 4.28. The summed E-state index contributed by atoms with van der Waals surface area (Å²) < 4.78 is 0. The second-order valence-electron chi connectivity index (χ2n) is 3.38.